The van der Waals surface area contributed by atoms with E-state index < -0.39 is 25.1 Å². The first kappa shape index (κ1) is 19.1. The van der Waals surface area contributed by atoms with E-state index in [1.54, 1.807) is 55.9 Å². The van der Waals surface area contributed by atoms with Crippen LogP contribution in [0.2, 0.25) is 0 Å². The summed E-state index contributed by atoms with van der Waals surface area (Å²) in [6, 6.07) is 8.33. The number of hydrogen-bond donors (Lipinski definition) is 0. The molecule has 0 N–H and O–H groups in total. The Kier molecular flexibility index (Phi) is 4.98. The van der Waals surface area contributed by atoms with Crippen LogP contribution in [0.4, 0.5) is 0 Å². The number of aromatic nitrogens is 2. The van der Waals surface area contributed by atoms with Crippen LogP contribution in [0.15, 0.2) is 40.1 Å². The van der Waals surface area contributed by atoms with Gasteiger partial charge in [-0.1, -0.05) is 18.2 Å². The molecule has 142 valence electrons. The molecule has 1 aromatic carbocycles. The van der Waals surface area contributed by atoms with Crippen molar-refractivity contribution in [1.29, 1.82) is 0 Å². The summed E-state index contributed by atoms with van der Waals surface area (Å²) in [4.78, 5) is 0.518. The lowest BCUT2D eigenvalue weighted by atomic mass is 10.2. The average molecular weight is 398 g/mol. The molecule has 0 spiro atoms. The minimum absolute atomic E-state index is 0.187. The van der Waals surface area contributed by atoms with E-state index >= 15 is 0 Å². The van der Waals surface area contributed by atoms with Crippen molar-refractivity contribution in [2.24, 2.45) is 7.05 Å². The third kappa shape index (κ3) is 3.19. The second-order valence-electron chi connectivity index (χ2n) is 6.59. The molecule has 1 aliphatic heterocycles. The number of nitrogens with zero attached hydrogens (tertiary/aromatic N) is 3. The van der Waals surface area contributed by atoms with Gasteiger partial charge in [0.2, 0.25) is 10.0 Å². The summed E-state index contributed by atoms with van der Waals surface area (Å²) in [6.45, 7) is 3.77. The minimum Gasteiger partial charge on any atom is -0.271 e. The van der Waals surface area contributed by atoms with Crippen molar-refractivity contribution in [1.82, 2.24) is 14.1 Å². The van der Waals surface area contributed by atoms with Crippen LogP contribution in [0.25, 0.3) is 0 Å². The quantitative estimate of drug-likeness (QED) is 0.783. The second kappa shape index (κ2) is 6.79. The van der Waals surface area contributed by atoms with Gasteiger partial charge in [-0.25, -0.2) is 16.8 Å². The Morgan fingerprint density at radius 3 is 2.08 bits per heavy atom. The van der Waals surface area contributed by atoms with Gasteiger partial charge >= 0.3 is 0 Å². The molecule has 0 aliphatic carbocycles. The molecular formula is C17H23N3O4S2. The van der Waals surface area contributed by atoms with Crippen LogP contribution in [-0.2, 0) is 26.9 Å². The van der Waals surface area contributed by atoms with Crippen LogP contribution in [0.1, 0.15) is 24.2 Å². The lowest BCUT2D eigenvalue weighted by Gasteiger charge is -2.31. The predicted molar refractivity (Wildman–Crippen MR) is 98.1 cm³/mol. The maximum atomic E-state index is 13.0. The first-order valence-corrected chi connectivity index (χ1v) is 11.4. The van der Waals surface area contributed by atoms with Crippen molar-refractivity contribution < 1.29 is 16.8 Å². The highest BCUT2D eigenvalue weighted by Gasteiger charge is 2.37. The van der Waals surface area contributed by atoms with Crippen LogP contribution >= 0.6 is 0 Å². The topological polar surface area (TPSA) is 89.3 Å². The summed E-state index contributed by atoms with van der Waals surface area (Å²) in [5.41, 5.74) is 1.05. The van der Waals surface area contributed by atoms with Crippen molar-refractivity contribution in [2.45, 2.75) is 41.7 Å². The SMILES string of the molecule is Cc1nn(C)c(C)c1S(=O)(=O)N1CCC(S(=O)(=O)c2ccccc2)CC1. The third-order valence-corrected chi connectivity index (χ3v) is 9.38. The van der Waals surface area contributed by atoms with Gasteiger partial charge in [0, 0.05) is 20.1 Å². The molecule has 2 aromatic rings. The zero-order chi connectivity index (χ0) is 19.1. The molecule has 1 fully saturated rings. The van der Waals surface area contributed by atoms with E-state index in [9.17, 15) is 16.8 Å². The number of piperidine rings is 1. The molecule has 9 heteroatoms. The molecule has 3 rings (SSSR count). The first-order valence-electron chi connectivity index (χ1n) is 8.45. The van der Waals surface area contributed by atoms with Crippen LogP contribution in [0.5, 0.6) is 0 Å². The monoisotopic (exact) mass is 397 g/mol. The van der Waals surface area contributed by atoms with Crippen LogP contribution in [-0.4, -0.2) is 49.3 Å². The number of rotatable bonds is 4. The normalized spacial score (nSPS) is 17.5. The molecule has 0 atom stereocenters. The second-order valence-corrected chi connectivity index (χ2v) is 10.7. The lowest BCUT2D eigenvalue weighted by Crippen LogP contribution is -2.42. The Morgan fingerprint density at radius 1 is 1.00 bits per heavy atom. The molecule has 1 saturated heterocycles. The van der Waals surface area contributed by atoms with Gasteiger partial charge in [-0.15, -0.1) is 0 Å². The van der Waals surface area contributed by atoms with E-state index in [-0.39, 0.29) is 30.8 Å². The Morgan fingerprint density at radius 2 is 1.58 bits per heavy atom. The van der Waals surface area contributed by atoms with Crippen molar-refractivity contribution in [3.05, 3.63) is 41.7 Å². The van der Waals surface area contributed by atoms with Gasteiger partial charge in [0.25, 0.3) is 0 Å². The molecule has 0 amide bonds. The Labute approximate surface area is 154 Å². The fourth-order valence-corrected chi connectivity index (χ4v) is 7.06. The largest absolute Gasteiger partial charge is 0.271 e. The zero-order valence-electron chi connectivity index (χ0n) is 15.1. The smallest absolute Gasteiger partial charge is 0.246 e. The number of hydrogen-bond acceptors (Lipinski definition) is 5. The van der Waals surface area contributed by atoms with Gasteiger partial charge in [0.1, 0.15) is 4.90 Å². The fourth-order valence-electron chi connectivity index (χ4n) is 3.44. The summed E-state index contributed by atoms with van der Waals surface area (Å²) < 4.78 is 54.4. The summed E-state index contributed by atoms with van der Waals surface area (Å²) in [5, 5.41) is 3.62. The van der Waals surface area contributed by atoms with E-state index in [1.807, 2.05) is 0 Å². The Hall–Kier alpha value is -1.71. The number of sulfone groups is 1. The van der Waals surface area contributed by atoms with Gasteiger partial charge in [-0.05, 0) is 38.8 Å². The Bertz CT molecular complexity index is 1000. The third-order valence-electron chi connectivity index (χ3n) is 4.95. The molecule has 0 unspecified atom stereocenters. The van der Waals surface area contributed by atoms with Gasteiger partial charge in [-0.3, -0.25) is 4.68 Å². The van der Waals surface area contributed by atoms with Crippen molar-refractivity contribution in [3.63, 3.8) is 0 Å². The summed E-state index contributed by atoms with van der Waals surface area (Å²) in [7, 11) is -5.42. The van der Waals surface area contributed by atoms with Crippen LogP contribution in [0, 0.1) is 13.8 Å². The zero-order valence-corrected chi connectivity index (χ0v) is 16.7. The predicted octanol–water partition coefficient (Wildman–Crippen LogP) is 1.66. The van der Waals surface area contributed by atoms with Crippen molar-refractivity contribution in [2.75, 3.05) is 13.1 Å². The molecule has 0 radical (unpaired) electrons. The van der Waals surface area contributed by atoms with E-state index in [0.717, 1.165) is 0 Å². The van der Waals surface area contributed by atoms with Gasteiger partial charge in [0.15, 0.2) is 9.84 Å². The maximum absolute atomic E-state index is 13.0. The van der Waals surface area contributed by atoms with Gasteiger partial charge in [-0.2, -0.15) is 9.40 Å². The molecular weight excluding hydrogens is 374 g/mol. The summed E-state index contributed by atoms with van der Waals surface area (Å²) in [5.74, 6) is 0. The van der Waals surface area contributed by atoms with E-state index in [2.05, 4.69) is 5.10 Å². The van der Waals surface area contributed by atoms with Crippen LogP contribution < -0.4 is 0 Å². The van der Waals surface area contributed by atoms with Gasteiger partial charge in [0.05, 0.1) is 21.5 Å². The van der Waals surface area contributed by atoms with E-state index in [4.69, 9.17) is 0 Å². The molecule has 1 aliphatic rings. The number of sulfonamides is 1. The molecule has 7 nitrogen and oxygen atoms in total. The summed E-state index contributed by atoms with van der Waals surface area (Å²) >= 11 is 0. The molecule has 26 heavy (non-hydrogen) atoms. The number of aryl methyl sites for hydroxylation is 2. The average Bonchev–Trinajstić information content (AvgIpc) is 2.88. The highest BCUT2D eigenvalue weighted by atomic mass is 32.2. The van der Waals surface area contributed by atoms with E-state index in [1.165, 1.54) is 4.31 Å². The molecule has 0 saturated carbocycles. The molecule has 0 bridgehead atoms. The number of benzene rings is 1. The van der Waals surface area contributed by atoms with Gasteiger partial charge < -0.3 is 0 Å². The highest BCUT2D eigenvalue weighted by Crippen LogP contribution is 2.29. The van der Waals surface area contributed by atoms with E-state index in [0.29, 0.717) is 16.3 Å². The minimum atomic E-state index is -3.68. The van der Waals surface area contributed by atoms with Crippen molar-refractivity contribution >= 4 is 19.9 Å². The highest BCUT2D eigenvalue weighted by molar-refractivity contribution is 7.92. The molecule has 2 heterocycles. The molecule has 1 aromatic heterocycles. The standard InChI is InChI=1S/C17H23N3O4S2/c1-13-17(14(2)19(3)18-13)26(23,24)20-11-9-16(10-12-20)25(21,22)15-7-5-4-6-8-15/h4-8,16H,9-12H2,1-3H3. The summed E-state index contributed by atoms with van der Waals surface area (Å²) in [6.07, 6.45) is 0.573. The fraction of sp³-hybridized carbons (Fsp3) is 0.471. The maximum Gasteiger partial charge on any atom is 0.246 e. The lowest BCUT2D eigenvalue weighted by molar-refractivity contribution is 0.345. The van der Waals surface area contributed by atoms with Crippen molar-refractivity contribution in [3.8, 4) is 0 Å². The Balaban J connectivity index is 1.80. The first-order chi connectivity index (χ1) is 12.2. The van der Waals surface area contributed by atoms with Crippen LogP contribution in [0.3, 0.4) is 0 Å².